The monoisotopic (exact) mass is 380 g/mol. The summed E-state index contributed by atoms with van der Waals surface area (Å²) in [6.45, 7) is 5.74. The minimum Gasteiger partial charge on any atom is -0.386 e. The molecule has 0 aromatic carbocycles. The minimum atomic E-state index is -0.504. The fourth-order valence-electron chi connectivity index (χ4n) is 2.17. The second-order valence-corrected chi connectivity index (χ2v) is 8.84. The second kappa shape index (κ2) is 7.54. The van der Waals surface area contributed by atoms with E-state index in [1.54, 1.807) is 13.3 Å². The Morgan fingerprint density at radius 2 is 2.30 bits per heavy atom. The molecule has 1 aliphatic heterocycles. The van der Waals surface area contributed by atoms with Gasteiger partial charge in [-0.2, -0.15) is 28.6 Å². The van der Waals surface area contributed by atoms with E-state index in [-0.39, 0.29) is 5.25 Å². The molecule has 1 aromatic rings. The van der Waals surface area contributed by atoms with E-state index in [2.05, 4.69) is 34.9 Å². The molecule has 0 saturated carbocycles. The smallest absolute Gasteiger partial charge is 0.109 e. The summed E-state index contributed by atoms with van der Waals surface area (Å²) in [5, 5.41) is 16.5. The van der Waals surface area contributed by atoms with E-state index in [4.69, 9.17) is 4.74 Å². The van der Waals surface area contributed by atoms with E-state index < -0.39 is 6.10 Å². The number of rotatable bonds is 5. The van der Waals surface area contributed by atoms with Crippen molar-refractivity contribution in [3.63, 3.8) is 0 Å². The van der Waals surface area contributed by atoms with Crippen LogP contribution in [0.1, 0.15) is 25.6 Å². The summed E-state index contributed by atoms with van der Waals surface area (Å²) in [7, 11) is 1.67. The lowest BCUT2D eigenvalue weighted by Crippen LogP contribution is -2.31. The molecule has 1 aromatic heterocycles. The van der Waals surface area contributed by atoms with Gasteiger partial charge in [-0.3, -0.25) is 4.68 Å². The van der Waals surface area contributed by atoms with Crippen LogP contribution in [0.3, 0.4) is 0 Å². The zero-order chi connectivity index (χ0) is 14.7. The highest BCUT2D eigenvalue weighted by Crippen LogP contribution is 2.42. The molecular formula is C13H21BrN2O2S2. The van der Waals surface area contributed by atoms with Crippen LogP contribution in [0.25, 0.3) is 0 Å². The van der Waals surface area contributed by atoms with Crippen LogP contribution in [-0.2, 0) is 11.3 Å². The summed E-state index contributed by atoms with van der Waals surface area (Å²) in [5.41, 5.74) is 0.863. The molecule has 20 heavy (non-hydrogen) atoms. The molecule has 2 rings (SSSR count). The number of hydrogen-bond acceptors (Lipinski definition) is 5. The third kappa shape index (κ3) is 3.74. The minimum absolute atomic E-state index is 0.209. The molecule has 2 heterocycles. The number of methoxy groups -OCH3 is 1. The lowest BCUT2D eigenvalue weighted by atomic mass is 10.2. The predicted molar refractivity (Wildman–Crippen MR) is 89.5 cm³/mol. The molecule has 7 heteroatoms. The second-order valence-electron chi connectivity index (χ2n) is 4.96. The Hall–Kier alpha value is 0.310. The Kier molecular flexibility index (Phi) is 6.28. The van der Waals surface area contributed by atoms with Gasteiger partial charge in [0.2, 0.25) is 0 Å². The van der Waals surface area contributed by atoms with Gasteiger partial charge in [-0.1, -0.05) is 13.8 Å². The van der Waals surface area contributed by atoms with E-state index >= 15 is 0 Å². The molecule has 1 saturated heterocycles. The van der Waals surface area contributed by atoms with Gasteiger partial charge in [-0.25, -0.2) is 0 Å². The van der Waals surface area contributed by atoms with Crippen molar-refractivity contribution in [3.05, 3.63) is 16.4 Å². The Balaban J connectivity index is 2.12. The fourth-order valence-corrected chi connectivity index (χ4v) is 5.68. The van der Waals surface area contributed by atoms with Crippen LogP contribution in [0.4, 0.5) is 0 Å². The first-order chi connectivity index (χ1) is 9.54. The van der Waals surface area contributed by atoms with E-state index in [1.807, 2.05) is 28.2 Å². The van der Waals surface area contributed by atoms with Crippen LogP contribution < -0.4 is 0 Å². The number of hydrogen-bond donors (Lipinski definition) is 1. The number of aromatic nitrogens is 2. The number of aliphatic hydroxyl groups is 1. The van der Waals surface area contributed by atoms with Crippen LogP contribution in [0.2, 0.25) is 0 Å². The third-order valence-corrected chi connectivity index (χ3v) is 7.64. The van der Waals surface area contributed by atoms with Crippen molar-refractivity contribution in [2.75, 3.05) is 19.5 Å². The Labute approximate surface area is 137 Å². The Morgan fingerprint density at radius 1 is 1.55 bits per heavy atom. The molecule has 4 atom stereocenters. The molecule has 0 aliphatic carbocycles. The van der Waals surface area contributed by atoms with Crippen LogP contribution in [0.5, 0.6) is 0 Å². The van der Waals surface area contributed by atoms with Crippen LogP contribution in [0, 0.1) is 0 Å². The van der Waals surface area contributed by atoms with Gasteiger partial charge in [0.25, 0.3) is 0 Å². The maximum absolute atomic E-state index is 10.7. The molecule has 4 unspecified atom stereocenters. The highest BCUT2D eigenvalue weighted by atomic mass is 79.9. The van der Waals surface area contributed by atoms with Crippen molar-refractivity contribution in [2.45, 2.75) is 42.2 Å². The third-order valence-electron chi connectivity index (χ3n) is 3.55. The van der Waals surface area contributed by atoms with Crippen molar-refractivity contribution in [3.8, 4) is 0 Å². The molecular weight excluding hydrogens is 360 g/mol. The molecule has 0 amide bonds. The summed E-state index contributed by atoms with van der Waals surface area (Å²) in [6, 6.07) is 0. The standard InChI is InChI=1S/C13H21BrN2O2S2/c1-8-9(2)20-11(7-19-8)13(17)12-10(14)6-15-16(12)4-5-18-3/h6,8-9,11,13,17H,4-5,7H2,1-3H3. The first-order valence-electron chi connectivity index (χ1n) is 6.69. The SMILES string of the molecule is COCCn1ncc(Br)c1C(O)C1CSC(C)C(C)S1. The maximum atomic E-state index is 10.7. The van der Waals surface area contributed by atoms with E-state index in [9.17, 15) is 5.11 Å². The molecule has 0 bridgehead atoms. The molecule has 1 fully saturated rings. The molecule has 0 spiro atoms. The number of halogens is 1. The average molecular weight is 381 g/mol. The summed E-state index contributed by atoms with van der Waals surface area (Å²) in [6.07, 6.45) is 1.25. The van der Waals surface area contributed by atoms with Gasteiger partial charge >= 0.3 is 0 Å². The highest BCUT2D eigenvalue weighted by molar-refractivity contribution is 9.10. The normalized spacial score (nSPS) is 28.6. The Morgan fingerprint density at radius 3 is 2.95 bits per heavy atom. The molecule has 0 radical (unpaired) electrons. The maximum Gasteiger partial charge on any atom is 0.109 e. The van der Waals surface area contributed by atoms with Gasteiger partial charge in [0.1, 0.15) is 6.10 Å². The highest BCUT2D eigenvalue weighted by Gasteiger charge is 2.33. The van der Waals surface area contributed by atoms with Gasteiger partial charge in [0.15, 0.2) is 0 Å². The van der Waals surface area contributed by atoms with E-state index in [0.717, 1.165) is 15.9 Å². The van der Waals surface area contributed by atoms with Crippen molar-refractivity contribution >= 4 is 39.5 Å². The van der Waals surface area contributed by atoms with Gasteiger partial charge in [0, 0.05) is 28.6 Å². The van der Waals surface area contributed by atoms with Crippen molar-refractivity contribution < 1.29 is 9.84 Å². The largest absolute Gasteiger partial charge is 0.386 e. The van der Waals surface area contributed by atoms with Gasteiger partial charge in [-0.15, -0.1) is 0 Å². The van der Waals surface area contributed by atoms with Crippen molar-refractivity contribution in [2.24, 2.45) is 0 Å². The van der Waals surface area contributed by atoms with Crippen molar-refractivity contribution in [1.29, 1.82) is 0 Å². The topological polar surface area (TPSA) is 47.3 Å². The zero-order valence-electron chi connectivity index (χ0n) is 12.0. The van der Waals surface area contributed by atoms with Crippen molar-refractivity contribution in [1.82, 2.24) is 9.78 Å². The number of aliphatic hydroxyl groups excluding tert-OH is 1. The summed E-state index contributed by atoms with van der Waals surface area (Å²) >= 11 is 7.32. The molecule has 4 nitrogen and oxygen atoms in total. The summed E-state index contributed by atoms with van der Waals surface area (Å²) in [5.74, 6) is 0.971. The first-order valence-corrected chi connectivity index (χ1v) is 9.48. The van der Waals surface area contributed by atoms with Gasteiger partial charge < -0.3 is 9.84 Å². The zero-order valence-corrected chi connectivity index (χ0v) is 15.2. The first kappa shape index (κ1) is 16.7. The Bertz CT molecular complexity index is 444. The summed E-state index contributed by atoms with van der Waals surface area (Å²) in [4.78, 5) is 0. The number of thioether (sulfide) groups is 2. The van der Waals surface area contributed by atoms with Crippen LogP contribution in [0.15, 0.2) is 10.7 Å². The number of nitrogens with zero attached hydrogens (tertiary/aromatic N) is 2. The molecule has 114 valence electrons. The lowest BCUT2D eigenvalue weighted by Gasteiger charge is -2.34. The number of ether oxygens (including phenoxy) is 1. The van der Waals surface area contributed by atoms with Gasteiger partial charge in [0.05, 0.1) is 29.5 Å². The van der Waals surface area contributed by atoms with Gasteiger partial charge in [-0.05, 0) is 15.9 Å². The van der Waals surface area contributed by atoms with Crippen LogP contribution in [-0.4, -0.2) is 50.1 Å². The van der Waals surface area contributed by atoms with E-state index in [1.165, 1.54) is 0 Å². The average Bonchev–Trinajstić information content (AvgIpc) is 2.80. The van der Waals surface area contributed by atoms with Crippen LogP contribution >= 0.6 is 39.5 Å². The predicted octanol–water partition coefficient (Wildman–Crippen LogP) is 2.95. The molecule has 1 aliphatic rings. The van der Waals surface area contributed by atoms with E-state index in [0.29, 0.717) is 23.7 Å². The molecule has 1 N–H and O–H groups in total. The summed E-state index contributed by atoms with van der Waals surface area (Å²) < 4.78 is 7.81. The lowest BCUT2D eigenvalue weighted by molar-refractivity contribution is 0.154. The fraction of sp³-hybridized carbons (Fsp3) is 0.769. The quantitative estimate of drug-likeness (QED) is 0.850.